The van der Waals surface area contributed by atoms with Crippen molar-refractivity contribution in [2.24, 2.45) is 0 Å². The lowest BCUT2D eigenvalue weighted by atomic mass is 9.74. The topological polar surface area (TPSA) is 57.0 Å². The van der Waals surface area contributed by atoms with E-state index in [1.807, 2.05) is 4.68 Å². The van der Waals surface area contributed by atoms with Crippen LogP contribution in [0, 0.1) is 0 Å². The monoisotopic (exact) mass is 221 g/mol. The SMILES string of the molecule is O=Cc1cn(C2CCOC3(CCC3)C2)nn1. The Labute approximate surface area is 93.8 Å². The van der Waals surface area contributed by atoms with E-state index in [4.69, 9.17) is 4.74 Å². The minimum Gasteiger partial charge on any atom is -0.375 e. The van der Waals surface area contributed by atoms with Gasteiger partial charge in [0.2, 0.25) is 0 Å². The van der Waals surface area contributed by atoms with Crippen LogP contribution in [0.4, 0.5) is 0 Å². The van der Waals surface area contributed by atoms with E-state index in [0.29, 0.717) is 11.7 Å². The van der Waals surface area contributed by atoms with Crippen LogP contribution >= 0.6 is 0 Å². The zero-order valence-corrected chi connectivity index (χ0v) is 9.13. The molecule has 86 valence electrons. The molecule has 0 aromatic carbocycles. The summed E-state index contributed by atoms with van der Waals surface area (Å²) in [5.41, 5.74) is 0.519. The fraction of sp³-hybridized carbons (Fsp3) is 0.727. The molecule has 2 fully saturated rings. The summed E-state index contributed by atoms with van der Waals surface area (Å²) in [5, 5.41) is 7.82. The number of hydrogen-bond donors (Lipinski definition) is 0. The van der Waals surface area contributed by atoms with Gasteiger partial charge in [-0.2, -0.15) is 0 Å². The second-order valence-electron chi connectivity index (χ2n) is 4.77. The fourth-order valence-corrected chi connectivity index (χ4v) is 2.67. The fourth-order valence-electron chi connectivity index (χ4n) is 2.67. The number of nitrogens with zero attached hydrogens (tertiary/aromatic N) is 3. The van der Waals surface area contributed by atoms with E-state index in [1.54, 1.807) is 6.20 Å². The first kappa shape index (κ1) is 9.96. The van der Waals surface area contributed by atoms with Crippen LogP contribution in [0.25, 0.3) is 0 Å². The van der Waals surface area contributed by atoms with Crippen LogP contribution < -0.4 is 0 Å². The molecule has 5 nitrogen and oxygen atoms in total. The Morgan fingerprint density at radius 3 is 3.06 bits per heavy atom. The molecule has 1 atom stereocenters. The minimum atomic E-state index is 0.107. The van der Waals surface area contributed by atoms with Crippen LogP contribution in [0.2, 0.25) is 0 Å². The normalized spacial score (nSPS) is 27.6. The number of aldehydes is 1. The molecule has 1 aromatic rings. The van der Waals surface area contributed by atoms with Crippen LogP contribution in [0.15, 0.2) is 6.20 Å². The third-order valence-corrected chi connectivity index (χ3v) is 3.75. The number of carbonyl (C=O) groups is 1. The minimum absolute atomic E-state index is 0.107. The van der Waals surface area contributed by atoms with Crippen molar-refractivity contribution in [3.05, 3.63) is 11.9 Å². The maximum Gasteiger partial charge on any atom is 0.171 e. The lowest BCUT2D eigenvalue weighted by molar-refractivity contribution is -0.141. The molecule has 5 heteroatoms. The summed E-state index contributed by atoms with van der Waals surface area (Å²) in [6.07, 6.45) is 8.04. The van der Waals surface area contributed by atoms with Gasteiger partial charge < -0.3 is 4.74 Å². The molecule has 0 bridgehead atoms. The van der Waals surface area contributed by atoms with Crippen molar-refractivity contribution in [3.8, 4) is 0 Å². The van der Waals surface area contributed by atoms with Crippen molar-refractivity contribution < 1.29 is 9.53 Å². The van der Waals surface area contributed by atoms with E-state index in [9.17, 15) is 4.79 Å². The van der Waals surface area contributed by atoms with Crippen LogP contribution in [-0.4, -0.2) is 33.5 Å². The van der Waals surface area contributed by atoms with Crippen molar-refractivity contribution in [3.63, 3.8) is 0 Å². The Hall–Kier alpha value is -1.23. The Kier molecular flexibility index (Phi) is 2.28. The Bertz CT molecular complexity index is 398. The van der Waals surface area contributed by atoms with Crippen molar-refractivity contribution in [2.45, 2.75) is 43.7 Å². The maximum atomic E-state index is 10.6. The molecule has 0 amide bonds. The highest BCUT2D eigenvalue weighted by Crippen LogP contribution is 2.45. The van der Waals surface area contributed by atoms with E-state index in [2.05, 4.69) is 10.3 Å². The molecular formula is C11H15N3O2. The van der Waals surface area contributed by atoms with E-state index in [0.717, 1.165) is 25.7 Å². The van der Waals surface area contributed by atoms with Crippen molar-refractivity contribution >= 4 is 6.29 Å². The third kappa shape index (κ3) is 1.55. The Morgan fingerprint density at radius 2 is 2.44 bits per heavy atom. The van der Waals surface area contributed by atoms with Gasteiger partial charge in [-0.05, 0) is 32.1 Å². The van der Waals surface area contributed by atoms with Crippen LogP contribution in [0.3, 0.4) is 0 Å². The van der Waals surface area contributed by atoms with Gasteiger partial charge in [0.1, 0.15) is 5.69 Å². The zero-order chi connectivity index (χ0) is 11.0. The predicted molar refractivity (Wildman–Crippen MR) is 56.2 cm³/mol. The number of carbonyl (C=O) groups excluding carboxylic acids is 1. The highest BCUT2D eigenvalue weighted by molar-refractivity contribution is 5.70. The van der Waals surface area contributed by atoms with Gasteiger partial charge >= 0.3 is 0 Å². The smallest absolute Gasteiger partial charge is 0.171 e. The summed E-state index contributed by atoms with van der Waals surface area (Å²) >= 11 is 0. The second-order valence-corrected chi connectivity index (χ2v) is 4.77. The molecule has 1 aromatic heterocycles. The van der Waals surface area contributed by atoms with Gasteiger partial charge in [0.25, 0.3) is 0 Å². The molecule has 0 radical (unpaired) electrons. The zero-order valence-electron chi connectivity index (χ0n) is 9.13. The number of aromatic nitrogens is 3. The molecule has 16 heavy (non-hydrogen) atoms. The van der Waals surface area contributed by atoms with E-state index in [1.165, 1.54) is 19.3 Å². The summed E-state index contributed by atoms with van der Waals surface area (Å²) in [7, 11) is 0. The second kappa shape index (κ2) is 3.66. The van der Waals surface area contributed by atoms with Crippen LogP contribution in [0.5, 0.6) is 0 Å². The lowest BCUT2D eigenvalue weighted by Gasteiger charge is -2.47. The average molecular weight is 221 g/mol. The maximum absolute atomic E-state index is 10.6. The summed E-state index contributed by atoms with van der Waals surface area (Å²) in [5.74, 6) is 0. The largest absolute Gasteiger partial charge is 0.375 e. The summed E-state index contributed by atoms with van der Waals surface area (Å²) in [4.78, 5) is 10.6. The number of rotatable bonds is 2. The molecular weight excluding hydrogens is 206 g/mol. The van der Waals surface area contributed by atoms with Gasteiger partial charge in [-0.15, -0.1) is 5.10 Å². The molecule has 1 aliphatic heterocycles. The molecule has 0 N–H and O–H groups in total. The van der Waals surface area contributed by atoms with E-state index in [-0.39, 0.29) is 5.60 Å². The standard InChI is InChI=1S/C11H15N3O2/c15-8-9-7-14(13-12-9)10-2-5-16-11(6-10)3-1-4-11/h7-8,10H,1-6H2. The van der Waals surface area contributed by atoms with Gasteiger partial charge in [-0.3, -0.25) is 4.79 Å². The quantitative estimate of drug-likeness (QED) is 0.708. The molecule has 1 saturated carbocycles. The Balaban J connectivity index is 1.76. The predicted octanol–water partition coefficient (Wildman–Crippen LogP) is 1.36. The first-order chi connectivity index (χ1) is 7.81. The summed E-state index contributed by atoms with van der Waals surface area (Å²) in [6, 6.07) is 0.343. The van der Waals surface area contributed by atoms with Crippen molar-refractivity contribution in [1.29, 1.82) is 0 Å². The van der Waals surface area contributed by atoms with Gasteiger partial charge in [0, 0.05) is 6.61 Å². The van der Waals surface area contributed by atoms with Crippen molar-refractivity contribution in [2.75, 3.05) is 6.61 Å². The Morgan fingerprint density at radius 1 is 1.56 bits per heavy atom. The van der Waals surface area contributed by atoms with Gasteiger partial charge in [0.05, 0.1) is 17.8 Å². The number of hydrogen-bond acceptors (Lipinski definition) is 4. The summed E-state index contributed by atoms with van der Waals surface area (Å²) < 4.78 is 7.68. The van der Waals surface area contributed by atoms with Gasteiger partial charge in [0.15, 0.2) is 6.29 Å². The van der Waals surface area contributed by atoms with E-state index >= 15 is 0 Å². The lowest BCUT2D eigenvalue weighted by Crippen LogP contribution is -2.46. The first-order valence-corrected chi connectivity index (χ1v) is 5.82. The first-order valence-electron chi connectivity index (χ1n) is 5.82. The van der Waals surface area contributed by atoms with Crippen molar-refractivity contribution in [1.82, 2.24) is 15.0 Å². The van der Waals surface area contributed by atoms with Gasteiger partial charge in [-0.1, -0.05) is 5.21 Å². The molecule has 1 aliphatic carbocycles. The molecule has 1 saturated heterocycles. The van der Waals surface area contributed by atoms with Crippen LogP contribution in [-0.2, 0) is 4.74 Å². The molecule has 1 spiro atoms. The molecule has 1 unspecified atom stereocenters. The molecule has 3 rings (SSSR count). The van der Waals surface area contributed by atoms with E-state index < -0.39 is 0 Å². The van der Waals surface area contributed by atoms with Crippen LogP contribution in [0.1, 0.15) is 48.6 Å². The highest BCUT2D eigenvalue weighted by Gasteiger charge is 2.43. The number of ether oxygens (including phenoxy) is 1. The highest BCUT2D eigenvalue weighted by atomic mass is 16.5. The van der Waals surface area contributed by atoms with Gasteiger partial charge in [-0.25, -0.2) is 4.68 Å². The summed E-state index contributed by atoms with van der Waals surface area (Å²) in [6.45, 7) is 0.793. The molecule has 2 aliphatic rings. The average Bonchev–Trinajstić information content (AvgIpc) is 2.76. The third-order valence-electron chi connectivity index (χ3n) is 3.75. The molecule has 2 heterocycles.